The molecule has 0 radical (unpaired) electrons. The molecule has 1 unspecified atom stereocenters. The Balaban J connectivity index is 2.27. The molecule has 0 aromatic heterocycles. The van der Waals surface area contributed by atoms with Crippen molar-refractivity contribution in [1.82, 2.24) is 0 Å². The Morgan fingerprint density at radius 3 is 2.28 bits per heavy atom. The van der Waals surface area contributed by atoms with Gasteiger partial charge in [-0.25, -0.2) is 8.78 Å². The van der Waals surface area contributed by atoms with Gasteiger partial charge in [0.15, 0.2) is 17.0 Å². The number of rotatable bonds is 1. The summed E-state index contributed by atoms with van der Waals surface area (Å²) in [5.74, 6) is -4.03. The molecule has 1 fully saturated rings. The van der Waals surface area contributed by atoms with Crippen LogP contribution >= 0.6 is 0 Å². The Bertz CT molecular complexity index is 999. The van der Waals surface area contributed by atoms with E-state index in [-0.39, 0.29) is 23.0 Å². The molecule has 0 heterocycles. The average Bonchev–Trinajstić information content (AvgIpc) is 2.68. The second-order valence-electron chi connectivity index (χ2n) is 9.00. The molecule has 2 aliphatic carbocycles. The summed E-state index contributed by atoms with van der Waals surface area (Å²) < 4.78 is 27.6. The second kappa shape index (κ2) is 7.09. The van der Waals surface area contributed by atoms with E-state index in [1.165, 1.54) is 6.07 Å². The molecule has 0 amide bonds. The average molecular weight is 392 g/mol. The molecule has 0 bridgehead atoms. The molecule has 4 atom stereocenters. The van der Waals surface area contributed by atoms with Crippen molar-refractivity contribution in [2.45, 2.75) is 39.5 Å². The second-order valence-corrected chi connectivity index (χ2v) is 9.00. The van der Waals surface area contributed by atoms with Crippen LogP contribution in [0.4, 0.5) is 8.78 Å². The maximum Gasteiger partial charge on any atom is 0.189 e. The van der Waals surface area contributed by atoms with Crippen LogP contribution in [0.2, 0.25) is 0 Å². The Hall–Kier alpha value is -3.04. The van der Waals surface area contributed by atoms with Gasteiger partial charge in [0.1, 0.15) is 5.92 Å². The molecule has 3 rings (SSSR count). The predicted molar refractivity (Wildman–Crippen MR) is 103 cm³/mol. The topological polar surface area (TPSA) is 95.2 Å². The first kappa shape index (κ1) is 20.7. The Kier molecular flexibility index (Phi) is 5.06. The lowest BCUT2D eigenvalue weighted by Gasteiger charge is -2.49. The van der Waals surface area contributed by atoms with Crippen LogP contribution in [-0.2, 0) is 0 Å². The minimum absolute atomic E-state index is 0.0460. The van der Waals surface area contributed by atoms with Crippen LogP contribution < -0.4 is 0 Å². The summed E-state index contributed by atoms with van der Waals surface area (Å²) >= 11 is 0. The van der Waals surface area contributed by atoms with Gasteiger partial charge in [0.2, 0.25) is 0 Å². The van der Waals surface area contributed by atoms with E-state index in [4.69, 9.17) is 5.41 Å². The maximum atomic E-state index is 14.1. The summed E-state index contributed by atoms with van der Waals surface area (Å²) in [6.07, 6.45) is 3.30. The van der Waals surface area contributed by atoms with E-state index in [1.54, 1.807) is 0 Å². The maximum absolute atomic E-state index is 14.1. The van der Waals surface area contributed by atoms with Gasteiger partial charge < -0.3 is 5.41 Å². The molecule has 1 aromatic carbocycles. The monoisotopic (exact) mass is 392 g/mol. The van der Waals surface area contributed by atoms with Crippen molar-refractivity contribution in [2.75, 3.05) is 0 Å². The van der Waals surface area contributed by atoms with Crippen LogP contribution in [0.1, 0.15) is 45.1 Å². The van der Waals surface area contributed by atoms with Gasteiger partial charge >= 0.3 is 0 Å². The van der Waals surface area contributed by atoms with Crippen LogP contribution in [-0.4, -0.2) is 5.71 Å². The van der Waals surface area contributed by atoms with E-state index in [1.807, 2.05) is 18.2 Å². The fraction of sp³-hybridized carbons (Fsp3) is 0.478. The summed E-state index contributed by atoms with van der Waals surface area (Å²) in [4.78, 5) is 0. The molecule has 1 saturated carbocycles. The van der Waals surface area contributed by atoms with Crippen molar-refractivity contribution in [1.29, 1.82) is 21.2 Å². The normalized spacial score (nSPS) is 28.3. The van der Waals surface area contributed by atoms with Gasteiger partial charge in [-0.15, -0.1) is 0 Å². The van der Waals surface area contributed by atoms with Gasteiger partial charge in [-0.3, -0.25) is 0 Å². The van der Waals surface area contributed by atoms with Crippen molar-refractivity contribution in [2.24, 2.45) is 28.6 Å². The molecule has 1 aromatic rings. The van der Waals surface area contributed by atoms with Gasteiger partial charge in [0.25, 0.3) is 0 Å². The molecule has 2 aliphatic rings. The SMILES string of the molecule is CC(C)(C)[C@@H]1CC=C2C(C#N)C(=N)C(C#N)(C#N)[C@@H](c3ccc(F)c(F)c3)[C@@H]2C1. The number of nitrogens with zero attached hydrogens (tertiary/aromatic N) is 3. The molecule has 148 valence electrons. The third-order valence-electron chi connectivity index (χ3n) is 6.53. The molecule has 0 spiro atoms. The highest BCUT2D eigenvalue weighted by Crippen LogP contribution is 2.57. The van der Waals surface area contributed by atoms with Crippen molar-refractivity contribution in [3.8, 4) is 18.2 Å². The molecule has 29 heavy (non-hydrogen) atoms. The summed E-state index contributed by atoms with van der Waals surface area (Å²) in [6, 6.07) is 9.41. The lowest BCUT2D eigenvalue weighted by molar-refractivity contribution is 0.168. The van der Waals surface area contributed by atoms with E-state index >= 15 is 0 Å². The standard InChI is InChI=1S/C23H22F2N4/c1-22(2,3)14-5-6-15-16(9-14)20(13-4-7-18(24)19(25)8-13)23(11-27,12-28)21(29)17(15)10-26/h4,6-8,14,16-17,20,29H,5,9H2,1-3H3/t14-,16-,17?,20+/m1/s1. The molecular formula is C23H22F2N4. The van der Waals surface area contributed by atoms with E-state index < -0.39 is 28.9 Å². The van der Waals surface area contributed by atoms with Gasteiger partial charge in [-0.1, -0.05) is 32.9 Å². The van der Waals surface area contributed by atoms with Gasteiger partial charge in [0, 0.05) is 5.92 Å². The quantitative estimate of drug-likeness (QED) is 0.661. The summed E-state index contributed by atoms with van der Waals surface area (Å²) in [7, 11) is 0. The van der Waals surface area contributed by atoms with Crippen LogP contribution in [0.3, 0.4) is 0 Å². The Morgan fingerprint density at radius 2 is 1.76 bits per heavy atom. The number of allylic oxidation sites excluding steroid dienone is 2. The lowest BCUT2D eigenvalue weighted by atomic mass is 9.51. The van der Waals surface area contributed by atoms with Crippen LogP contribution in [0, 0.1) is 79.6 Å². The number of hydrogen-bond donors (Lipinski definition) is 1. The van der Waals surface area contributed by atoms with Crippen molar-refractivity contribution in [3.63, 3.8) is 0 Å². The minimum Gasteiger partial charge on any atom is -0.305 e. The smallest absolute Gasteiger partial charge is 0.189 e. The number of nitriles is 3. The van der Waals surface area contributed by atoms with E-state index in [0.29, 0.717) is 17.6 Å². The molecule has 4 nitrogen and oxygen atoms in total. The highest BCUT2D eigenvalue weighted by atomic mass is 19.2. The fourth-order valence-corrected chi connectivity index (χ4v) is 4.81. The largest absolute Gasteiger partial charge is 0.305 e. The highest BCUT2D eigenvalue weighted by Gasteiger charge is 2.58. The first-order chi connectivity index (χ1) is 13.6. The molecular weight excluding hydrogens is 370 g/mol. The molecule has 1 N–H and O–H groups in total. The van der Waals surface area contributed by atoms with Crippen LogP contribution in [0.15, 0.2) is 29.8 Å². The number of nitrogens with one attached hydrogen (secondary N) is 1. The first-order valence-corrected chi connectivity index (χ1v) is 9.56. The zero-order chi connectivity index (χ0) is 21.6. The molecule has 6 heteroatoms. The number of hydrogen-bond acceptors (Lipinski definition) is 4. The predicted octanol–water partition coefficient (Wildman–Crippen LogP) is 5.25. The van der Waals surface area contributed by atoms with Crippen molar-refractivity contribution >= 4 is 5.71 Å². The Labute approximate surface area is 169 Å². The van der Waals surface area contributed by atoms with Gasteiger partial charge in [-0.2, -0.15) is 15.8 Å². The zero-order valence-electron chi connectivity index (χ0n) is 16.6. The minimum atomic E-state index is -1.91. The van der Waals surface area contributed by atoms with Gasteiger partial charge in [0.05, 0.1) is 23.9 Å². The van der Waals surface area contributed by atoms with Crippen molar-refractivity contribution < 1.29 is 8.78 Å². The third kappa shape index (κ3) is 3.12. The summed E-state index contributed by atoms with van der Waals surface area (Å²) in [6.45, 7) is 6.33. The van der Waals surface area contributed by atoms with E-state index in [9.17, 15) is 24.6 Å². The Morgan fingerprint density at radius 1 is 1.10 bits per heavy atom. The third-order valence-corrected chi connectivity index (χ3v) is 6.53. The number of halogens is 2. The summed E-state index contributed by atoms with van der Waals surface area (Å²) in [5, 5.41) is 38.2. The van der Waals surface area contributed by atoms with Crippen LogP contribution in [0.5, 0.6) is 0 Å². The van der Waals surface area contributed by atoms with Crippen molar-refractivity contribution in [3.05, 3.63) is 47.0 Å². The fourth-order valence-electron chi connectivity index (χ4n) is 4.81. The zero-order valence-corrected chi connectivity index (χ0v) is 16.6. The number of benzene rings is 1. The van der Waals surface area contributed by atoms with Crippen LogP contribution in [0.25, 0.3) is 0 Å². The summed E-state index contributed by atoms with van der Waals surface area (Å²) in [5.41, 5.74) is -1.22. The molecule has 0 aliphatic heterocycles. The van der Waals surface area contributed by atoms with E-state index in [2.05, 4.69) is 26.8 Å². The van der Waals surface area contributed by atoms with E-state index in [0.717, 1.165) is 18.6 Å². The highest BCUT2D eigenvalue weighted by molar-refractivity contribution is 6.00. The lowest BCUT2D eigenvalue weighted by Crippen LogP contribution is -2.50. The number of fused-ring (bicyclic) bond motifs is 1. The first-order valence-electron chi connectivity index (χ1n) is 9.56. The van der Waals surface area contributed by atoms with Gasteiger partial charge in [-0.05, 0) is 53.4 Å². The molecule has 0 saturated heterocycles.